The molecule has 4 aliphatic rings. The van der Waals surface area contributed by atoms with Gasteiger partial charge >= 0.3 is 0 Å². The number of para-hydroxylation sites is 1. The average molecular weight is 393 g/mol. The lowest BCUT2D eigenvalue weighted by Gasteiger charge is -2.57. The van der Waals surface area contributed by atoms with E-state index >= 15 is 0 Å². The smallest absolute Gasteiger partial charge is 0.238 e. The molecule has 7 rings (SSSR count). The standard InChI is InChI=1S/C27H23NO2/c1-16-10-4-9-15-21(16)28-24(29)22-23(25(28)30)27(3)19-13-7-5-11-17(19)26(22,2)18-12-6-8-14-20(18)27/h4-15,22-23H,1-3H3/t22-,23-,26?,27?/m0/s1. The second-order valence-electron chi connectivity index (χ2n) is 9.25. The molecule has 148 valence electrons. The third-order valence-electron chi connectivity index (χ3n) is 8.00. The number of rotatable bonds is 1. The molecular formula is C27H23NO2. The Morgan fingerprint density at radius 3 is 1.40 bits per heavy atom. The fraction of sp³-hybridized carbons (Fsp3) is 0.259. The second-order valence-corrected chi connectivity index (χ2v) is 9.25. The average Bonchev–Trinajstić information content (AvgIpc) is 3.04. The number of carbonyl (C=O) groups excluding carboxylic acids is 2. The predicted octanol–water partition coefficient (Wildman–Crippen LogP) is 4.74. The van der Waals surface area contributed by atoms with Crippen LogP contribution >= 0.6 is 0 Å². The van der Waals surface area contributed by atoms with Gasteiger partial charge in [-0.2, -0.15) is 0 Å². The summed E-state index contributed by atoms with van der Waals surface area (Å²) < 4.78 is 0. The summed E-state index contributed by atoms with van der Waals surface area (Å²) in [6, 6.07) is 24.5. The molecule has 0 aromatic heterocycles. The molecule has 0 unspecified atom stereocenters. The summed E-state index contributed by atoms with van der Waals surface area (Å²) in [7, 11) is 0. The Morgan fingerprint density at radius 1 is 0.633 bits per heavy atom. The summed E-state index contributed by atoms with van der Waals surface area (Å²) in [6.45, 7) is 6.28. The van der Waals surface area contributed by atoms with E-state index in [1.807, 2.05) is 55.5 Å². The minimum atomic E-state index is -0.528. The van der Waals surface area contributed by atoms with Gasteiger partial charge in [-0.1, -0.05) is 80.6 Å². The molecule has 0 radical (unpaired) electrons. The molecule has 0 saturated carbocycles. The van der Waals surface area contributed by atoms with Crippen molar-refractivity contribution in [3.63, 3.8) is 0 Å². The van der Waals surface area contributed by atoms with Gasteiger partial charge in [0.25, 0.3) is 0 Å². The van der Waals surface area contributed by atoms with Crippen molar-refractivity contribution in [3.8, 4) is 0 Å². The summed E-state index contributed by atoms with van der Waals surface area (Å²) >= 11 is 0. The van der Waals surface area contributed by atoms with Gasteiger partial charge in [-0.15, -0.1) is 0 Å². The van der Waals surface area contributed by atoms with E-state index in [1.54, 1.807) is 0 Å². The van der Waals surface area contributed by atoms with Crippen LogP contribution in [0.15, 0.2) is 72.8 Å². The van der Waals surface area contributed by atoms with Gasteiger partial charge in [-0.3, -0.25) is 9.59 Å². The molecule has 1 saturated heterocycles. The summed E-state index contributed by atoms with van der Waals surface area (Å²) in [6.07, 6.45) is 0. The molecular weight excluding hydrogens is 370 g/mol. The van der Waals surface area contributed by atoms with E-state index < -0.39 is 22.7 Å². The number of nitrogens with zero attached hydrogens (tertiary/aromatic N) is 1. The molecule has 3 aromatic rings. The van der Waals surface area contributed by atoms with Gasteiger partial charge in [-0.05, 0) is 40.8 Å². The van der Waals surface area contributed by atoms with E-state index in [4.69, 9.17) is 0 Å². The van der Waals surface area contributed by atoms with Crippen LogP contribution in [0, 0.1) is 18.8 Å². The highest BCUT2D eigenvalue weighted by Crippen LogP contribution is 2.66. The molecule has 1 heterocycles. The van der Waals surface area contributed by atoms with Crippen molar-refractivity contribution in [2.24, 2.45) is 11.8 Å². The van der Waals surface area contributed by atoms with E-state index in [0.29, 0.717) is 5.69 Å². The first-order chi connectivity index (χ1) is 14.4. The fourth-order valence-corrected chi connectivity index (χ4v) is 6.62. The van der Waals surface area contributed by atoms with E-state index in [2.05, 4.69) is 38.1 Å². The van der Waals surface area contributed by atoms with Crippen LogP contribution in [-0.2, 0) is 20.4 Å². The number of anilines is 1. The maximum atomic E-state index is 14.0. The molecule has 2 amide bonds. The first-order valence-electron chi connectivity index (χ1n) is 10.5. The van der Waals surface area contributed by atoms with Crippen LogP contribution in [0.3, 0.4) is 0 Å². The topological polar surface area (TPSA) is 37.4 Å². The highest BCUT2D eigenvalue weighted by Gasteiger charge is 2.70. The largest absolute Gasteiger partial charge is 0.274 e. The lowest BCUT2D eigenvalue weighted by atomic mass is 9.42. The molecule has 3 aliphatic carbocycles. The van der Waals surface area contributed by atoms with Crippen LogP contribution in [0.2, 0.25) is 0 Å². The van der Waals surface area contributed by atoms with Crippen molar-refractivity contribution in [2.45, 2.75) is 31.6 Å². The van der Waals surface area contributed by atoms with Crippen molar-refractivity contribution < 1.29 is 9.59 Å². The third-order valence-corrected chi connectivity index (χ3v) is 8.00. The lowest BCUT2D eigenvalue weighted by Crippen LogP contribution is -2.59. The second kappa shape index (κ2) is 5.48. The van der Waals surface area contributed by atoms with E-state index in [-0.39, 0.29) is 11.8 Å². The van der Waals surface area contributed by atoms with Gasteiger partial charge in [0, 0.05) is 10.8 Å². The summed E-state index contributed by atoms with van der Waals surface area (Å²) in [5, 5.41) is 0. The molecule has 30 heavy (non-hydrogen) atoms. The van der Waals surface area contributed by atoms with Crippen molar-refractivity contribution in [3.05, 3.63) is 101 Å². The maximum absolute atomic E-state index is 14.0. The van der Waals surface area contributed by atoms with Crippen molar-refractivity contribution in [2.75, 3.05) is 4.90 Å². The van der Waals surface area contributed by atoms with E-state index in [9.17, 15) is 9.59 Å². The van der Waals surface area contributed by atoms with Crippen molar-refractivity contribution >= 4 is 17.5 Å². The summed E-state index contributed by atoms with van der Waals surface area (Å²) in [5.74, 6) is -0.951. The molecule has 0 N–H and O–H groups in total. The van der Waals surface area contributed by atoms with Crippen LogP contribution < -0.4 is 4.90 Å². The molecule has 3 heteroatoms. The van der Waals surface area contributed by atoms with Crippen molar-refractivity contribution in [1.82, 2.24) is 0 Å². The first kappa shape index (κ1) is 17.6. The number of carbonyl (C=O) groups is 2. The Balaban J connectivity index is 1.68. The number of imide groups is 1. The van der Waals surface area contributed by atoms with Gasteiger partial charge in [0.05, 0.1) is 17.5 Å². The molecule has 0 spiro atoms. The van der Waals surface area contributed by atoms with Crippen LogP contribution in [0.5, 0.6) is 0 Å². The Bertz CT molecular complexity index is 1140. The zero-order chi connectivity index (χ0) is 20.8. The predicted molar refractivity (Wildman–Crippen MR) is 116 cm³/mol. The number of amides is 2. The third kappa shape index (κ3) is 1.74. The molecule has 3 aromatic carbocycles. The van der Waals surface area contributed by atoms with E-state index in [0.717, 1.165) is 5.56 Å². The van der Waals surface area contributed by atoms with Gasteiger partial charge in [-0.25, -0.2) is 4.90 Å². The van der Waals surface area contributed by atoms with Crippen LogP contribution in [0.1, 0.15) is 41.7 Å². The summed E-state index contributed by atoms with van der Waals surface area (Å²) in [4.78, 5) is 29.4. The fourth-order valence-electron chi connectivity index (χ4n) is 6.62. The molecule has 1 aliphatic heterocycles. The number of hydrogen-bond donors (Lipinski definition) is 0. The van der Waals surface area contributed by atoms with Crippen LogP contribution in [0.25, 0.3) is 0 Å². The van der Waals surface area contributed by atoms with Gasteiger partial charge < -0.3 is 0 Å². The zero-order valence-electron chi connectivity index (χ0n) is 17.3. The molecule has 3 nitrogen and oxygen atoms in total. The SMILES string of the molecule is Cc1ccccc1N1C(=O)[C@@H]2[C@@H](C1=O)C1(C)c3ccccc3C2(C)c2ccccc21. The first-order valence-corrected chi connectivity index (χ1v) is 10.5. The maximum Gasteiger partial charge on any atom is 0.238 e. The van der Waals surface area contributed by atoms with Gasteiger partial charge in [0.1, 0.15) is 0 Å². The van der Waals surface area contributed by atoms with Gasteiger partial charge in [0.2, 0.25) is 11.8 Å². The number of aryl methyl sites for hydroxylation is 1. The molecule has 2 bridgehead atoms. The summed E-state index contributed by atoms with van der Waals surface area (Å²) in [5.41, 5.74) is 5.32. The quantitative estimate of drug-likeness (QED) is 0.560. The number of benzene rings is 3. The minimum Gasteiger partial charge on any atom is -0.274 e. The molecule has 2 atom stereocenters. The van der Waals surface area contributed by atoms with Crippen molar-refractivity contribution in [1.29, 1.82) is 0 Å². The van der Waals surface area contributed by atoms with Crippen LogP contribution in [0.4, 0.5) is 5.69 Å². The monoisotopic (exact) mass is 393 g/mol. The highest BCUT2D eigenvalue weighted by atomic mass is 16.2. The lowest BCUT2D eigenvalue weighted by molar-refractivity contribution is -0.124. The number of hydrogen-bond acceptors (Lipinski definition) is 2. The molecule has 1 fully saturated rings. The van der Waals surface area contributed by atoms with Gasteiger partial charge in [0.15, 0.2) is 0 Å². The van der Waals surface area contributed by atoms with Crippen LogP contribution in [-0.4, -0.2) is 11.8 Å². The van der Waals surface area contributed by atoms with E-state index in [1.165, 1.54) is 27.2 Å². The Hall–Kier alpha value is -3.20. The minimum absolute atomic E-state index is 0.0722. The zero-order valence-corrected chi connectivity index (χ0v) is 17.3. The Labute approximate surface area is 176 Å². The normalized spacial score (nSPS) is 30.8. The highest BCUT2D eigenvalue weighted by molar-refractivity contribution is 6.24. The Kier molecular flexibility index (Phi) is 3.22. The Morgan fingerprint density at radius 2 is 1.00 bits per heavy atom.